The van der Waals surface area contributed by atoms with Crippen LogP contribution in [0.15, 0.2) is 24.3 Å². The average molecular weight is 316 g/mol. The number of rotatable bonds is 5. The van der Waals surface area contributed by atoms with Crippen LogP contribution >= 0.6 is 0 Å². The molecule has 0 unspecified atom stereocenters. The minimum absolute atomic E-state index is 0.0769. The summed E-state index contributed by atoms with van der Waals surface area (Å²) in [6, 6.07) is 6.24. The van der Waals surface area contributed by atoms with Crippen LogP contribution in [0.3, 0.4) is 0 Å². The van der Waals surface area contributed by atoms with Crippen LogP contribution in [0.1, 0.15) is 12.8 Å². The van der Waals surface area contributed by atoms with Gasteiger partial charge in [0.2, 0.25) is 0 Å². The van der Waals surface area contributed by atoms with Crippen LogP contribution in [0.2, 0.25) is 0 Å². The van der Waals surface area contributed by atoms with E-state index in [2.05, 4.69) is 0 Å². The zero-order chi connectivity index (χ0) is 15.5. The van der Waals surface area contributed by atoms with E-state index in [1.165, 1.54) is 28.8 Å². The Kier molecular flexibility index (Phi) is 5.18. The number of hydrogen-bond acceptors (Lipinski definition) is 3. The van der Waals surface area contributed by atoms with E-state index in [1.54, 1.807) is 18.2 Å². The quantitative estimate of drug-likeness (QED) is 0.831. The first-order valence-electron chi connectivity index (χ1n) is 6.96. The maximum Gasteiger partial charge on any atom is 0.281 e. The monoisotopic (exact) mass is 316 g/mol. The molecule has 1 aromatic carbocycles. The van der Waals surface area contributed by atoms with Crippen molar-refractivity contribution in [3.8, 4) is 5.75 Å². The van der Waals surface area contributed by atoms with E-state index in [4.69, 9.17) is 4.74 Å². The maximum atomic E-state index is 13.5. The van der Waals surface area contributed by atoms with E-state index >= 15 is 0 Å². The first-order chi connectivity index (χ1) is 9.91. The van der Waals surface area contributed by atoms with Gasteiger partial charge < -0.3 is 4.74 Å². The molecule has 1 heterocycles. The molecular weight excluding hydrogens is 295 g/mol. The summed E-state index contributed by atoms with van der Waals surface area (Å²) in [4.78, 5) is 0. The first kappa shape index (κ1) is 16.2. The summed E-state index contributed by atoms with van der Waals surface area (Å²) >= 11 is 0. The Morgan fingerprint density at radius 1 is 1.38 bits per heavy atom. The summed E-state index contributed by atoms with van der Waals surface area (Å²) in [5, 5.41) is 0. The molecule has 0 aliphatic carbocycles. The van der Waals surface area contributed by atoms with Gasteiger partial charge in [0, 0.05) is 33.1 Å². The molecule has 0 spiro atoms. The van der Waals surface area contributed by atoms with Crippen LogP contribution in [-0.2, 0) is 10.2 Å². The van der Waals surface area contributed by atoms with Crippen LogP contribution in [0, 0.1) is 11.7 Å². The lowest BCUT2D eigenvalue weighted by atomic mass is 10.0. The van der Waals surface area contributed by atoms with Gasteiger partial charge >= 0.3 is 0 Å². The van der Waals surface area contributed by atoms with Crippen LogP contribution in [0.4, 0.5) is 4.39 Å². The molecule has 1 aliphatic heterocycles. The second kappa shape index (κ2) is 6.72. The molecule has 21 heavy (non-hydrogen) atoms. The molecule has 5 nitrogen and oxygen atoms in total. The van der Waals surface area contributed by atoms with Crippen molar-refractivity contribution in [2.45, 2.75) is 12.8 Å². The largest absolute Gasteiger partial charge is 0.490 e. The van der Waals surface area contributed by atoms with Crippen LogP contribution < -0.4 is 4.74 Å². The molecule has 0 saturated carbocycles. The van der Waals surface area contributed by atoms with E-state index in [1.807, 2.05) is 0 Å². The van der Waals surface area contributed by atoms with Crippen molar-refractivity contribution in [1.29, 1.82) is 0 Å². The molecule has 1 aliphatic rings. The fourth-order valence-corrected chi connectivity index (χ4v) is 3.59. The minimum atomic E-state index is -3.39. The number of piperidine rings is 1. The number of ether oxygens (including phenoxy) is 1. The van der Waals surface area contributed by atoms with Crippen molar-refractivity contribution >= 4 is 10.2 Å². The molecule has 1 fully saturated rings. The first-order valence-corrected chi connectivity index (χ1v) is 8.36. The number of nitrogens with zero attached hydrogens (tertiary/aromatic N) is 2. The predicted molar refractivity (Wildman–Crippen MR) is 78.8 cm³/mol. The summed E-state index contributed by atoms with van der Waals surface area (Å²) in [5.74, 6) is -0.107. The Hall–Kier alpha value is -1.18. The van der Waals surface area contributed by atoms with E-state index < -0.39 is 16.0 Å². The van der Waals surface area contributed by atoms with Crippen LogP contribution in [-0.4, -0.2) is 50.8 Å². The smallest absolute Gasteiger partial charge is 0.281 e. The van der Waals surface area contributed by atoms with Crippen LogP contribution in [0.25, 0.3) is 0 Å². The SMILES string of the molecule is CN(C)S(=O)(=O)N1CCC[C@H](COc2ccccc2F)C1. The standard InChI is InChI=1S/C14H21FN2O3S/c1-16(2)21(18,19)17-9-5-6-12(10-17)11-20-14-8-4-3-7-13(14)15/h3-4,7-8,12H,5-6,9-11H2,1-2H3/t12-/m0/s1. The van der Waals surface area contributed by atoms with Crippen molar-refractivity contribution in [2.24, 2.45) is 5.92 Å². The summed E-state index contributed by atoms with van der Waals surface area (Å²) in [7, 11) is -0.342. The highest BCUT2D eigenvalue weighted by Gasteiger charge is 2.30. The van der Waals surface area contributed by atoms with Gasteiger partial charge in [-0.2, -0.15) is 17.0 Å². The maximum absolute atomic E-state index is 13.5. The van der Waals surface area contributed by atoms with Gasteiger partial charge in [-0.25, -0.2) is 4.39 Å². The van der Waals surface area contributed by atoms with E-state index in [0.717, 1.165) is 12.8 Å². The number of halogens is 1. The second-order valence-corrected chi connectivity index (χ2v) is 7.54. The van der Waals surface area contributed by atoms with Gasteiger partial charge in [0.05, 0.1) is 6.61 Å². The zero-order valence-corrected chi connectivity index (χ0v) is 13.1. The van der Waals surface area contributed by atoms with Crippen molar-refractivity contribution in [2.75, 3.05) is 33.8 Å². The molecule has 1 saturated heterocycles. The lowest BCUT2D eigenvalue weighted by molar-refractivity contribution is 0.172. The highest BCUT2D eigenvalue weighted by molar-refractivity contribution is 7.86. The second-order valence-electron chi connectivity index (χ2n) is 5.40. The molecular formula is C14H21FN2O3S. The van der Waals surface area contributed by atoms with Gasteiger partial charge in [0.15, 0.2) is 11.6 Å². The normalized spacial score (nSPS) is 20.7. The molecule has 1 aromatic rings. The Morgan fingerprint density at radius 3 is 2.76 bits per heavy atom. The van der Waals surface area contributed by atoms with Crippen molar-refractivity contribution in [1.82, 2.24) is 8.61 Å². The number of para-hydroxylation sites is 1. The molecule has 1 atom stereocenters. The van der Waals surface area contributed by atoms with Gasteiger partial charge in [-0.15, -0.1) is 0 Å². The average Bonchev–Trinajstić information content (AvgIpc) is 2.46. The van der Waals surface area contributed by atoms with Crippen LogP contribution in [0.5, 0.6) is 5.75 Å². The summed E-state index contributed by atoms with van der Waals surface area (Å²) < 4.78 is 45.9. The fraction of sp³-hybridized carbons (Fsp3) is 0.571. The minimum Gasteiger partial charge on any atom is -0.490 e. The van der Waals surface area contributed by atoms with Crippen molar-refractivity contribution in [3.05, 3.63) is 30.1 Å². The molecule has 7 heteroatoms. The Balaban J connectivity index is 1.95. The fourth-order valence-electron chi connectivity index (χ4n) is 2.37. The van der Waals surface area contributed by atoms with Crippen molar-refractivity contribution < 1.29 is 17.5 Å². The number of benzene rings is 1. The lowest BCUT2D eigenvalue weighted by Gasteiger charge is -2.33. The third kappa shape index (κ3) is 3.93. The van der Waals surface area contributed by atoms with Gasteiger partial charge in [-0.05, 0) is 25.0 Å². The summed E-state index contributed by atoms with van der Waals surface area (Å²) in [6.45, 7) is 1.26. The van der Waals surface area contributed by atoms with E-state index in [-0.39, 0.29) is 11.7 Å². The predicted octanol–water partition coefficient (Wildman–Crippen LogP) is 1.72. The molecule has 2 rings (SSSR count). The molecule has 0 bridgehead atoms. The molecule has 118 valence electrons. The number of hydrogen-bond donors (Lipinski definition) is 0. The zero-order valence-electron chi connectivity index (χ0n) is 12.3. The van der Waals surface area contributed by atoms with Gasteiger partial charge in [0.25, 0.3) is 10.2 Å². The van der Waals surface area contributed by atoms with Crippen molar-refractivity contribution in [3.63, 3.8) is 0 Å². The molecule has 0 N–H and O–H groups in total. The summed E-state index contributed by atoms with van der Waals surface area (Å²) in [5.41, 5.74) is 0. The Morgan fingerprint density at radius 2 is 2.10 bits per heavy atom. The molecule has 0 amide bonds. The highest BCUT2D eigenvalue weighted by Crippen LogP contribution is 2.22. The topological polar surface area (TPSA) is 49.9 Å². The highest BCUT2D eigenvalue weighted by atomic mass is 32.2. The van der Waals surface area contributed by atoms with Gasteiger partial charge in [0.1, 0.15) is 0 Å². The molecule has 0 radical (unpaired) electrons. The van der Waals surface area contributed by atoms with Gasteiger partial charge in [-0.3, -0.25) is 0 Å². The molecule has 0 aromatic heterocycles. The Labute approximate surface area is 125 Å². The third-order valence-corrected chi connectivity index (χ3v) is 5.49. The summed E-state index contributed by atoms with van der Waals surface area (Å²) in [6.07, 6.45) is 1.67. The lowest BCUT2D eigenvalue weighted by Crippen LogP contribution is -2.46. The van der Waals surface area contributed by atoms with E-state index in [9.17, 15) is 12.8 Å². The van der Waals surface area contributed by atoms with Gasteiger partial charge in [-0.1, -0.05) is 12.1 Å². The third-order valence-electron chi connectivity index (χ3n) is 3.58. The Bertz CT molecular complexity index is 577. The van der Waals surface area contributed by atoms with E-state index in [0.29, 0.717) is 19.7 Å².